The molecule has 24 heavy (non-hydrogen) atoms. The summed E-state index contributed by atoms with van der Waals surface area (Å²) in [6.07, 6.45) is 6.88. The van der Waals surface area contributed by atoms with Crippen molar-refractivity contribution < 1.29 is 9.53 Å². The summed E-state index contributed by atoms with van der Waals surface area (Å²) in [5.74, 6) is 0.988. The molecule has 1 saturated heterocycles. The van der Waals surface area contributed by atoms with Crippen molar-refractivity contribution in [3.8, 4) is 5.75 Å². The lowest BCUT2D eigenvalue weighted by molar-refractivity contribution is 0.0711. The maximum absolute atomic E-state index is 12.8. The van der Waals surface area contributed by atoms with E-state index in [0.29, 0.717) is 12.6 Å². The maximum atomic E-state index is 12.8. The molecule has 1 aliphatic carbocycles. The molecule has 1 N–H and O–H groups in total. The molecule has 0 radical (unpaired) electrons. The van der Waals surface area contributed by atoms with Crippen molar-refractivity contribution in [2.75, 3.05) is 0 Å². The molecule has 1 amide bonds. The molecule has 2 fully saturated rings. The monoisotopic (exact) mass is 324 g/mol. The SMILES string of the molecule is C=C1CCC(N2Cc3cc(OC4CCCC4)ccc3C2=O)C(=C)N1. The van der Waals surface area contributed by atoms with Crippen LogP contribution in [0.5, 0.6) is 5.75 Å². The molecule has 3 aliphatic rings. The molecular weight excluding hydrogens is 300 g/mol. The van der Waals surface area contributed by atoms with Gasteiger partial charge < -0.3 is 15.0 Å². The molecule has 4 heteroatoms. The van der Waals surface area contributed by atoms with Gasteiger partial charge in [-0.3, -0.25) is 4.79 Å². The van der Waals surface area contributed by atoms with Crippen molar-refractivity contribution in [1.82, 2.24) is 10.2 Å². The van der Waals surface area contributed by atoms with Crippen LogP contribution >= 0.6 is 0 Å². The second kappa shape index (κ2) is 6.00. The third kappa shape index (κ3) is 2.70. The third-order valence-electron chi connectivity index (χ3n) is 5.35. The number of fused-ring (bicyclic) bond motifs is 1. The molecule has 0 aromatic heterocycles. The van der Waals surface area contributed by atoms with Crippen LogP contribution in [-0.2, 0) is 6.54 Å². The van der Waals surface area contributed by atoms with Crippen LogP contribution < -0.4 is 10.1 Å². The Morgan fingerprint density at radius 1 is 1.17 bits per heavy atom. The van der Waals surface area contributed by atoms with E-state index in [2.05, 4.69) is 18.5 Å². The van der Waals surface area contributed by atoms with Gasteiger partial charge in [0.15, 0.2) is 0 Å². The van der Waals surface area contributed by atoms with Crippen LogP contribution in [0.2, 0.25) is 0 Å². The van der Waals surface area contributed by atoms with Crippen LogP contribution in [0.15, 0.2) is 42.8 Å². The van der Waals surface area contributed by atoms with Crippen LogP contribution in [0, 0.1) is 0 Å². The average molecular weight is 324 g/mol. The highest BCUT2D eigenvalue weighted by Gasteiger charge is 2.35. The standard InChI is InChI=1S/C20H24N2O2/c1-13-7-10-19(14(2)21-13)22-12-15-11-17(8-9-18(15)20(22)23)24-16-5-3-4-6-16/h8-9,11,16,19,21H,1-7,10,12H2. The number of allylic oxidation sites excluding steroid dienone is 1. The first kappa shape index (κ1) is 15.3. The Hall–Kier alpha value is -2.23. The van der Waals surface area contributed by atoms with Gasteiger partial charge in [-0.25, -0.2) is 0 Å². The molecule has 1 aromatic carbocycles. The largest absolute Gasteiger partial charge is 0.490 e. The Morgan fingerprint density at radius 2 is 1.96 bits per heavy atom. The van der Waals surface area contributed by atoms with Crippen LogP contribution in [0.25, 0.3) is 0 Å². The van der Waals surface area contributed by atoms with Gasteiger partial charge >= 0.3 is 0 Å². The fourth-order valence-electron chi connectivity index (χ4n) is 4.05. The molecule has 1 aromatic rings. The van der Waals surface area contributed by atoms with Crippen molar-refractivity contribution in [1.29, 1.82) is 0 Å². The second-order valence-corrected chi connectivity index (χ2v) is 7.08. The summed E-state index contributed by atoms with van der Waals surface area (Å²) in [4.78, 5) is 14.7. The normalized spacial score (nSPS) is 24.2. The van der Waals surface area contributed by atoms with Gasteiger partial charge in [0.25, 0.3) is 5.91 Å². The second-order valence-electron chi connectivity index (χ2n) is 7.08. The number of rotatable bonds is 3. The van der Waals surface area contributed by atoms with E-state index in [0.717, 1.165) is 54.0 Å². The van der Waals surface area contributed by atoms with E-state index < -0.39 is 0 Å². The predicted octanol–water partition coefficient (Wildman–Crippen LogP) is 3.74. The number of hydrogen-bond donors (Lipinski definition) is 1. The van der Waals surface area contributed by atoms with Crippen molar-refractivity contribution in [2.24, 2.45) is 0 Å². The van der Waals surface area contributed by atoms with Gasteiger partial charge in [-0.1, -0.05) is 13.2 Å². The van der Waals surface area contributed by atoms with Crippen LogP contribution in [0.3, 0.4) is 0 Å². The molecular formula is C20H24N2O2. The van der Waals surface area contributed by atoms with E-state index in [1.807, 2.05) is 23.1 Å². The predicted molar refractivity (Wildman–Crippen MR) is 93.6 cm³/mol. The Labute approximate surface area is 143 Å². The number of nitrogens with zero attached hydrogens (tertiary/aromatic N) is 1. The van der Waals surface area contributed by atoms with Gasteiger partial charge in [0, 0.05) is 23.5 Å². The fourth-order valence-corrected chi connectivity index (χ4v) is 4.05. The molecule has 126 valence electrons. The Kier molecular flexibility index (Phi) is 3.83. The summed E-state index contributed by atoms with van der Waals surface area (Å²) < 4.78 is 6.08. The number of carbonyl (C=O) groups excluding carboxylic acids is 1. The minimum Gasteiger partial charge on any atom is -0.490 e. The van der Waals surface area contributed by atoms with Gasteiger partial charge in [0.05, 0.1) is 12.1 Å². The Bertz CT molecular complexity index is 704. The zero-order valence-electron chi connectivity index (χ0n) is 14.0. The highest BCUT2D eigenvalue weighted by molar-refractivity contribution is 5.99. The minimum absolute atomic E-state index is 0.0367. The lowest BCUT2D eigenvalue weighted by atomic mass is 10.0. The van der Waals surface area contributed by atoms with Gasteiger partial charge in [-0.2, -0.15) is 0 Å². The fraction of sp³-hybridized carbons (Fsp3) is 0.450. The molecule has 1 atom stereocenters. The first-order valence-corrected chi connectivity index (χ1v) is 8.86. The van der Waals surface area contributed by atoms with Crippen molar-refractivity contribution in [3.05, 3.63) is 53.9 Å². The van der Waals surface area contributed by atoms with E-state index in [9.17, 15) is 4.79 Å². The topological polar surface area (TPSA) is 41.6 Å². The first-order valence-electron chi connectivity index (χ1n) is 8.86. The van der Waals surface area contributed by atoms with Crippen LogP contribution in [0.4, 0.5) is 0 Å². The number of carbonyl (C=O) groups is 1. The van der Waals surface area contributed by atoms with Gasteiger partial charge in [-0.05, 0) is 62.3 Å². The summed E-state index contributed by atoms with van der Waals surface area (Å²) in [6.45, 7) is 8.67. The Balaban J connectivity index is 1.51. The number of hydrogen-bond acceptors (Lipinski definition) is 3. The van der Waals surface area contributed by atoms with E-state index >= 15 is 0 Å². The van der Waals surface area contributed by atoms with Crippen molar-refractivity contribution in [3.63, 3.8) is 0 Å². The molecule has 2 heterocycles. The number of benzene rings is 1. The van der Waals surface area contributed by atoms with Crippen LogP contribution in [-0.4, -0.2) is 23.0 Å². The van der Waals surface area contributed by atoms with Gasteiger partial charge in [0.1, 0.15) is 5.75 Å². The molecule has 4 nitrogen and oxygen atoms in total. The van der Waals surface area contributed by atoms with Gasteiger partial charge in [0.2, 0.25) is 0 Å². The lowest BCUT2D eigenvalue weighted by Gasteiger charge is -2.34. The highest BCUT2D eigenvalue weighted by Crippen LogP contribution is 2.33. The zero-order valence-corrected chi connectivity index (χ0v) is 14.0. The number of piperidine rings is 1. The van der Waals surface area contributed by atoms with Crippen molar-refractivity contribution in [2.45, 2.75) is 57.2 Å². The quantitative estimate of drug-likeness (QED) is 0.921. The lowest BCUT2D eigenvalue weighted by Crippen LogP contribution is -2.43. The number of ether oxygens (including phenoxy) is 1. The molecule has 2 aliphatic heterocycles. The van der Waals surface area contributed by atoms with E-state index in [-0.39, 0.29) is 11.9 Å². The summed E-state index contributed by atoms with van der Waals surface area (Å²) in [7, 11) is 0. The molecule has 0 bridgehead atoms. The molecule has 0 spiro atoms. The molecule has 1 saturated carbocycles. The van der Waals surface area contributed by atoms with Crippen molar-refractivity contribution >= 4 is 5.91 Å². The number of amides is 1. The first-order chi connectivity index (χ1) is 11.6. The smallest absolute Gasteiger partial charge is 0.255 e. The average Bonchev–Trinajstić information content (AvgIpc) is 3.16. The summed E-state index contributed by atoms with van der Waals surface area (Å²) in [5.41, 5.74) is 3.71. The molecule has 4 rings (SSSR count). The minimum atomic E-state index is 0.0367. The summed E-state index contributed by atoms with van der Waals surface area (Å²) >= 11 is 0. The third-order valence-corrected chi connectivity index (χ3v) is 5.35. The van der Waals surface area contributed by atoms with E-state index in [1.54, 1.807) is 0 Å². The molecule has 1 unspecified atom stereocenters. The zero-order chi connectivity index (χ0) is 16.7. The highest BCUT2D eigenvalue weighted by atomic mass is 16.5. The number of nitrogens with one attached hydrogen (secondary N) is 1. The summed E-state index contributed by atoms with van der Waals surface area (Å²) in [5, 5.41) is 3.21. The van der Waals surface area contributed by atoms with Crippen LogP contribution in [0.1, 0.15) is 54.4 Å². The van der Waals surface area contributed by atoms with Gasteiger partial charge in [-0.15, -0.1) is 0 Å². The van der Waals surface area contributed by atoms with E-state index in [4.69, 9.17) is 4.74 Å². The Morgan fingerprint density at radius 3 is 2.71 bits per heavy atom. The summed E-state index contributed by atoms with van der Waals surface area (Å²) in [6, 6.07) is 5.94. The maximum Gasteiger partial charge on any atom is 0.255 e. The van der Waals surface area contributed by atoms with E-state index in [1.165, 1.54) is 12.8 Å².